The Kier molecular flexibility index (Phi) is 4.44. The fourth-order valence-corrected chi connectivity index (χ4v) is 1.78. The highest BCUT2D eigenvalue weighted by Crippen LogP contribution is 2.24. The minimum Gasteiger partial charge on any atom is -0.481 e. The summed E-state index contributed by atoms with van der Waals surface area (Å²) in [6, 6.07) is 0. The van der Waals surface area contributed by atoms with Crippen molar-refractivity contribution in [1.82, 2.24) is 0 Å². The quantitative estimate of drug-likeness (QED) is 0.682. The zero-order chi connectivity index (χ0) is 10.4. The molecule has 1 aliphatic rings. The number of allylic oxidation sites excluding steroid dienone is 3. The number of hydrogen-bond acceptors (Lipinski definition) is 1. The van der Waals surface area contributed by atoms with Crippen molar-refractivity contribution >= 4 is 5.97 Å². The van der Waals surface area contributed by atoms with Gasteiger partial charge in [0.1, 0.15) is 0 Å². The summed E-state index contributed by atoms with van der Waals surface area (Å²) in [5.41, 5.74) is 1.09. The Bertz CT molecular complexity index is 251. The van der Waals surface area contributed by atoms with Gasteiger partial charge in [-0.1, -0.05) is 43.6 Å². The fraction of sp³-hybridized carbons (Fsp3) is 0.583. The standard InChI is InChI=1S/C12H18O2/c1-2-3-9-11(12(13)14)10-7-5-4-6-8-10/h4-5,8,11H,2-3,6-7,9H2,1H3,(H,13,14). The number of carboxylic acids is 1. The molecule has 0 fully saturated rings. The zero-order valence-corrected chi connectivity index (χ0v) is 8.70. The third-order valence-electron chi connectivity index (χ3n) is 2.63. The second-order valence-electron chi connectivity index (χ2n) is 3.72. The molecular weight excluding hydrogens is 176 g/mol. The second kappa shape index (κ2) is 5.63. The van der Waals surface area contributed by atoms with E-state index in [4.69, 9.17) is 5.11 Å². The maximum Gasteiger partial charge on any atom is 0.310 e. The average molecular weight is 194 g/mol. The molecule has 0 bridgehead atoms. The van der Waals surface area contributed by atoms with Crippen LogP contribution in [-0.4, -0.2) is 11.1 Å². The molecule has 0 aromatic rings. The van der Waals surface area contributed by atoms with Crippen molar-refractivity contribution in [2.75, 3.05) is 0 Å². The van der Waals surface area contributed by atoms with Gasteiger partial charge < -0.3 is 5.11 Å². The van der Waals surface area contributed by atoms with Gasteiger partial charge in [-0.2, -0.15) is 0 Å². The summed E-state index contributed by atoms with van der Waals surface area (Å²) in [4.78, 5) is 11.0. The molecule has 2 nitrogen and oxygen atoms in total. The van der Waals surface area contributed by atoms with E-state index >= 15 is 0 Å². The minimum absolute atomic E-state index is 0.250. The van der Waals surface area contributed by atoms with Crippen molar-refractivity contribution in [3.05, 3.63) is 23.8 Å². The second-order valence-corrected chi connectivity index (χ2v) is 3.72. The first kappa shape index (κ1) is 11.0. The molecule has 2 heteroatoms. The maximum absolute atomic E-state index is 11.0. The number of aliphatic carboxylic acids is 1. The van der Waals surface area contributed by atoms with E-state index in [0.717, 1.165) is 37.7 Å². The van der Waals surface area contributed by atoms with Crippen LogP contribution in [0.3, 0.4) is 0 Å². The molecule has 0 heterocycles. The van der Waals surface area contributed by atoms with Gasteiger partial charge in [0.15, 0.2) is 0 Å². The van der Waals surface area contributed by atoms with Crippen molar-refractivity contribution < 1.29 is 9.90 Å². The van der Waals surface area contributed by atoms with Gasteiger partial charge in [0.05, 0.1) is 5.92 Å². The fourth-order valence-electron chi connectivity index (χ4n) is 1.78. The van der Waals surface area contributed by atoms with Crippen molar-refractivity contribution in [2.24, 2.45) is 5.92 Å². The highest BCUT2D eigenvalue weighted by molar-refractivity contribution is 5.73. The van der Waals surface area contributed by atoms with Gasteiger partial charge in [0.2, 0.25) is 0 Å². The molecule has 0 amide bonds. The van der Waals surface area contributed by atoms with Gasteiger partial charge in [0, 0.05) is 0 Å². The summed E-state index contributed by atoms with van der Waals surface area (Å²) >= 11 is 0. The van der Waals surface area contributed by atoms with Gasteiger partial charge in [-0.15, -0.1) is 0 Å². The van der Waals surface area contributed by atoms with E-state index in [0.29, 0.717) is 0 Å². The SMILES string of the molecule is CCCCC(C(=O)O)C1=CCC=CC1. The number of hydrogen-bond donors (Lipinski definition) is 1. The highest BCUT2D eigenvalue weighted by atomic mass is 16.4. The lowest BCUT2D eigenvalue weighted by Crippen LogP contribution is -2.16. The maximum atomic E-state index is 11.0. The first-order valence-electron chi connectivity index (χ1n) is 5.32. The number of carbonyl (C=O) groups is 1. The van der Waals surface area contributed by atoms with Gasteiger partial charge in [-0.25, -0.2) is 0 Å². The average Bonchev–Trinajstić information content (AvgIpc) is 2.19. The molecule has 0 aliphatic heterocycles. The number of rotatable bonds is 5. The van der Waals surface area contributed by atoms with Crippen LogP contribution in [0, 0.1) is 5.92 Å². The van der Waals surface area contributed by atoms with Crippen LogP contribution in [-0.2, 0) is 4.79 Å². The van der Waals surface area contributed by atoms with E-state index in [-0.39, 0.29) is 5.92 Å². The van der Waals surface area contributed by atoms with Gasteiger partial charge >= 0.3 is 5.97 Å². The third-order valence-corrected chi connectivity index (χ3v) is 2.63. The molecule has 14 heavy (non-hydrogen) atoms. The van der Waals surface area contributed by atoms with Crippen LogP contribution in [0.25, 0.3) is 0 Å². The van der Waals surface area contributed by atoms with Gasteiger partial charge in [-0.05, 0) is 19.3 Å². The molecule has 0 aromatic carbocycles. The van der Waals surface area contributed by atoms with Crippen molar-refractivity contribution in [2.45, 2.75) is 39.0 Å². The Balaban J connectivity index is 2.57. The molecule has 1 N–H and O–H groups in total. The summed E-state index contributed by atoms with van der Waals surface area (Å²) in [6.07, 6.45) is 10.8. The van der Waals surface area contributed by atoms with Crippen LogP contribution >= 0.6 is 0 Å². The van der Waals surface area contributed by atoms with E-state index < -0.39 is 5.97 Å². The Morgan fingerprint density at radius 3 is 2.86 bits per heavy atom. The normalized spacial score (nSPS) is 17.6. The van der Waals surface area contributed by atoms with Crippen LogP contribution in [0.4, 0.5) is 0 Å². The monoisotopic (exact) mass is 194 g/mol. The largest absolute Gasteiger partial charge is 0.481 e. The van der Waals surface area contributed by atoms with Gasteiger partial charge in [0.25, 0.3) is 0 Å². The number of carboxylic acid groups (broad SMARTS) is 1. The first-order chi connectivity index (χ1) is 6.75. The Morgan fingerprint density at radius 1 is 1.57 bits per heavy atom. The van der Waals surface area contributed by atoms with Crippen LogP contribution in [0.2, 0.25) is 0 Å². The van der Waals surface area contributed by atoms with E-state index in [9.17, 15) is 4.79 Å². The predicted molar refractivity (Wildman–Crippen MR) is 57.1 cm³/mol. The predicted octanol–water partition coefficient (Wildman–Crippen LogP) is 3.15. The molecule has 0 aromatic heterocycles. The number of unbranched alkanes of at least 4 members (excludes halogenated alkanes) is 1. The zero-order valence-electron chi connectivity index (χ0n) is 8.70. The first-order valence-corrected chi connectivity index (χ1v) is 5.32. The highest BCUT2D eigenvalue weighted by Gasteiger charge is 2.21. The summed E-state index contributed by atoms with van der Waals surface area (Å²) in [6.45, 7) is 2.09. The Hall–Kier alpha value is -1.05. The third kappa shape index (κ3) is 3.02. The van der Waals surface area contributed by atoms with Gasteiger partial charge in [-0.3, -0.25) is 4.79 Å². The van der Waals surface area contributed by atoms with E-state index in [1.807, 2.05) is 0 Å². The molecule has 1 unspecified atom stereocenters. The molecular formula is C12H18O2. The molecule has 1 rings (SSSR count). The van der Waals surface area contributed by atoms with E-state index in [2.05, 4.69) is 25.2 Å². The van der Waals surface area contributed by atoms with E-state index in [1.165, 1.54) is 0 Å². The van der Waals surface area contributed by atoms with Crippen molar-refractivity contribution in [1.29, 1.82) is 0 Å². The molecule has 0 spiro atoms. The Labute approximate surface area is 85.3 Å². The Morgan fingerprint density at radius 2 is 2.36 bits per heavy atom. The van der Waals surface area contributed by atoms with E-state index in [1.54, 1.807) is 0 Å². The van der Waals surface area contributed by atoms with Crippen molar-refractivity contribution in [3.8, 4) is 0 Å². The topological polar surface area (TPSA) is 37.3 Å². The smallest absolute Gasteiger partial charge is 0.310 e. The van der Waals surface area contributed by atoms with Crippen LogP contribution in [0.1, 0.15) is 39.0 Å². The summed E-state index contributed by atoms with van der Waals surface area (Å²) < 4.78 is 0. The lowest BCUT2D eigenvalue weighted by Gasteiger charge is -2.16. The lowest BCUT2D eigenvalue weighted by atomic mass is 9.88. The molecule has 1 atom stereocenters. The molecule has 0 radical (unpaired) electrons. The molecule has 0 saturated heterocycles. The summed E-state index contributed by atoms with van der Waals surface area (Å²) in [5, 5.41) is 9.09. The van der Waals surface area contributed by atoms with Crippen LogP contribution < -0.4 is 0 Å². The summed E-state index contributed by atoms with van der Waals surface area (Å²) in [5.74, 6) is -0.917. The minimum atomic E-state index is -0.667. The summed E-state index contributed by atoms with van der Waals surface area (Å²) in [7, 11) is 0. The van der Waals surface area contributed by atoms with Crippen molar-refractivity contribution in [3.63, 3.8) is 0 Å². The molecule has 78 valence electrons. The van der Waals surface area contributed by atoms with Crippen LogP contribution in [0.5, 0.6) is 0 Å². The lowest BCUT2D eigenvalue weighted by molar-refractivity contribution is -0.140. The molecule has 1 aliphatic carbocycles. The molecule has 0 saturated carbocycles. The van der Waals surface area contributed by atoms with Crippen LogP contribution in [0.15, 0.2) is 23.8 Å².